The predicted molar refractivity (Wildman–Crippen MR) is 96.3 cm³/mol. The van der Waals surface area contributed by atoms with Crippen molar-refractivity contribution in [2.45, 2.75) is 23.8 Å². The summed E-state index contributed by atoms with van der Waals surface area (Å²) in [5.74, 6) is -0.838. The minimum atomic E-state index is -3.83. The molecule has 0 saturated heterocycles. The van der Waals surface area contributed by atoms with Gasteiger partial charge in [-0.2, -0.15) is 0 Å². The van der Waals surface area contributed by atoms with Crippen LogP contribution in [0.1, 0.15) is 16.3 Å². The van der Waals surface area contributed by atoms with Crippen LogP contribution >= 0.6 is 11.3 Å². The van der Waals surface area contributed by atoms with Gasteiger partial charge in [-0.3, -0.25) is 4.79 Å². The number of halogens is 1. The number of carbonyl (C=O) groups excluding carboxylic acids is 1. The molecule has 0 spiro atoms. The van der Waals surface area contributed by atoms with E-state index in [1.54, 1.807) is 0 Å². The van der Waals surface area contributed by atoms with E-state index in [1.165, 1.54) is 35.6 Å². The molecule has 1 amide bonds. The van der Waals surface area contributed by atoms with Gasteiger partial charge in [-0.15, -0.1) is 16.4 Å². The number of carbonyl (C=O) groups is 1. The van der Waals surface area contributed by atoms with Crippen LogP contribution in [0.3, 0.4) is 0 Å². The molecule has 3 aromatic rings. The smallest absolute Gasteiger partial charge is 0.335 e. The topological polar surface area (TPSA) is 102 Å². The van der Waals surface area contributed by atoms with Crippen LogP contribution in [-0.4, -0.2) is 31.1 Å². The van der Waals surface area contributed by atoms with Crippen LogP contribution in [0.2, 0.25) is 0 Å². The van der Waals surface area contributed by atoms with E-state index < -0.39 is 20.9 Å². The van der Waals surface area contributed by atoms with Crippen molar-refractivity contribution in [1.29, 1.82) is 0 Å². The first kappa shape index (κ1) is 19.2. The lowest BCUT2D eigenvalue weighted by molar-refractivity contribution is -0.120. The maximum atomic E-state index is 12.9. The molecule has 27 heavy (non-hydrogen) atoms. The van der Waals surface area contributed by atoms with Crippen LogP contribution in [0.15, 0.2) is 51.4 Å². The molecule has 1 N–H and O–H groups in total. The Morgan fingerprint density at radius 1 is 1.19 bits per heavy atom. The van der Waals surface area contributed by atoms with E-state index in [9.17, 15) is 17.6 Å². The van der Waals surface area contributed by atoms with Crippen LogP contribution in [0.5, 0.6) is 0 Å². The monoisotopic (exact) mass is 409 g/mol. The highest BCUT2D eigenvalue weighted by molar-refractivity contribution is 7.90. The Bertz CT molecular complexity index is 999. The Morgan fingerprint density at radius 2 is 1.96 bits per heavy atom. The van der Waals surface area contributed by atoms with Crippen LogP contribution in [0.25, 0.3) is 0 Å². The van der Waals surface area contributed by atoms with Crippen molar-refractivity contribution in [3.05, 3.63) is 63.9 Å². The van der Waals surface area contributed by atoms with E-state index in [0.29, 0.717) is 12.0 Å². The summed E-state index contributed by atoms with van der Waals surface area (Å²) in [6.45, 7) is 0.254. The molecule has 0 fully saturated rings. The zero-order chi connectivity index (χ0) is 19.3. The number of nitrogens with zero attached hydrogens (tertiary/aromatic N) is 2. The number of hydrogen-bond acceptors (Lipinski definition) is 7. The summed E-state index contributed by atoms with van der Waals surface area (Å²) in [4.78, 5) is 12.8. The van der Waals surface area contributed by atoms with Crippen molar-refractivity contribution in [2.75, 3.05) is 6.54 Å². The fraction of sp³-hybridized carbons (Fsp3) is 0.235. The number of aromatic nitrogens is 2. The Labute approximate surface area is 159 Å². The van der Waals surface area contributed by atoms with Gasteiger partial charge in [0.25, 0.3) is 0 Å². The van der Waals surface area contributed by atoms with Crippen LogP contribution in [0, 0.1) is 5.82 Å². The lowest BCUT2D eigenvalue weighted by atomic mass is 10.2. The SMILES string of the molecule is O=C(Cc1cccs1)NCCc1nnc(S(=O)(=O)Cc2ccc(F)cc2)o1. The molecular formula is C17H16FN3O4S2. The minimum Gasteiger partial charge on any atom is -0.412 e. The Morgan fingerprint density at radius 3 is 2.67 bits per heavy atom. The fourth-order valence-corrected chi connectivity index (χ4v) is 4.12. The zero-order valence-electron chi connectivity index (χ0n) is 14.1. The molecule has 0 aliphatic heterocycles. The largest absolute Gasteiger partial charge is 0.412 e. The molecule has 0 saturated carbocycles. The van der Waals surface area contributed by atoms with Gasteiger partial charge in [-0.05, 0) is 29.1 Å². The highest BCUT2D eigenvalue weighted by atomic mass is 32.2. The van der Waals surface area contributed by atoms with Crippen molar-refractivity contribution in [3.63, 3.8) is 0 Å². The first-order valence-electron chi connectivity index (χ1n) is 8.01. The van der Waals surface area contributed by atoms with Gasteiger partial charge in [0.15, 0.2) is 0 Å². The van der Waals surface area contributed by atoms with Gasteiger partial charge in [0.2, 0.25) is 21.6 Å². The number of hydrogen-bond donors (Lipinski definition) is 1. The van der Waals surface area contributed by atoms with Crippen LogP contribution < -0.4 is 5.32 Å². The van der Waals surface area contributed by atoms with E-state index in [1.807, 2.05) is 17.5 Å². The zero-order valence-corrected chi connectivity index (χ0v) is 15.7. The van der Waals surface area contributed by atoms with Crippen molar-refractivity contribution in [1.82, 2.24) is 15.5 Å². The Hall–Kier alpha value is -2.59. The number of amides is 1. The number of thiophene rings is 1. The summed E-state index contributed by atoms with van der Waals surface area (Å²) in [6, 6.07) is 8.88. The molecule has 0 bridgehead atoms. The molecule has 1 aromatic carbocycles. The molecule has 0 radical (unpaired) electrons. The van der Waals surface area contributed by atoms with Crippen LogP contribution in [0.4, 0.5) is 4.39 Å². The summed E-state index contributed by atoms with van der Waals surface area (Å²) >= 11 is 1.50. The van der Waals surface area contributed by atoms with Crippen molar-refractivity contribution in [2.24, 2.45) is 0 Å². The van der Waals surface area contributed by atoms with Crippen molar-refractivity contribution >= 4 is 27.1 Å². The summed E-state index contributed by atoms with van der Waals surface area (Å²) in [5.41, 5.74) is 0.414. The number of nitrogens with one attached hydrogen (secondary N) is 1. The number of rotatable bonds is 8. The maximum Gasteiger partial charge on any atom is 0.335 e. The first-order chi connectivity index (χ1) is 12.9. The lowest BCUT2D eigenvalue weighted by Gasteiger charge is -2.02. The molecule has 0 aliphatic carbocycles. The van der Waals surface area contributed by atoms with Gasteiger partial charge in [0, 0.05) is 17.8 Å². The minimum absolute atomic E-state index is 0.115. The molecule has 0 aliphatic rings. The molecule has 0 unspecified atom stereocenters. The second-order valence-electron chi connectivity index (χ2n) is 5.70. The Balaban J connectivity index is 1.52. The maximum absolute atomic E-state index is 12.9. The summed E-state index contributed by atoms with van der Waals surface area (Å²) in [6.07, 6.45) is 0.508. The quantitative estimate of drug-likeness (QED) is 0.612. The molecule has 0 atom stereocenters. The summed E-state index contributed by atoms with van der Waals surface area (Å²) < 4.78 is 42.7. The third-order valence-corrected chi connectivity index (χ3v) is 5.85. The second-order valence-corrected chi connectivity index (χ2v) is 8.60. The van der Waals surface area contributed by atoms with E-state index in [2.05, 4.69) is 15.5 Å². The number of benzene rings is 1. The fourth-order valence-electron chi connectivity index (χ4n) is 2.27. The summed E-state index contributed by atoms with van der Waals surface area (Å²) in [7, 11) is -3.83. The van der Waals surface area contributed by atoms with E-state index in [4.69, 9.17) is 4.42 Å². The van der Waals surface area contributed by atoms with E-state index in [0.717, 1.165) is 4.88 Å². The molecular weight excluding hydrogens is 393 g/mol. The van der Waals surface area contributed by atoms with Crippen LogP contribution in [-0.2, 0) is 33.2 Å². The summed E-state index contributed by atoms with van der Waals surface area (Å²) in [5, 5.41) is 11.4. The third-order valence-electron chi connectivity index (χ3n) is 3.56. The van der Waals surface area contributed by atoms with E-state index in [-0.39, 0.29) is 30.5 Å². The third kappa shape index (κ3) is 5.44. The molecule has 2 aromatic heterocycles. The highest BCUT2D eigenvalue weighted by Gasteiger charge is 2.23. The Kier molecular flexibility index (Phi) is 5.97. The average molecular weight is 409 g/mol. The van der Waals surface area contributed by atoms with Gasteiger partial charge in [0.1, 0.15) is 5.82 Å². The molecule has 3 rings (SSSR count). The van der Waals surface area contributed by atoms with Gasteiger partial charge < -0.3 is 9.73 Å². The van der Waals surface area contributed by atoms with Gasteiger partial charge >= 0.3 is 5.22 Å². The van der Waals surface area contributed by atoms with Crippen molar-refractivity contribution < 1.29 is 22.0 Å². The molecule has 2 heterocycles. The standard InChI is InChI=1S/C17H16FN3O4S2/c18-13-5-3-12(4-6-13)11-27(23,24)17-21-20-16(25-17)7-8-19-15(22)10-14-2-1-9-26-14/h1-6,9H,7-8,10-11H2,(H,19,22). The van der Waals surface area contributed by atoms with E-state index >= 15 is 0 Å². The van der Waals surface area contributed by atoms with Crippen molar-refractivity contribution in [3.8, 4) is 0 Å². The lowest BCUT2D eigenvalue weighted by Crippen LogP contribution is -2.27. The highest BCUT2D eigenvalue weighted by Crippen LogP contribution is 2.16. The normalized spacial score (nSPS) is 11.4. The molecule has 142 valence electrons. The second kappa shape index (κ2) is 8.40. The van der Waals surface area contributed by atoms with Gasteiger partial charge in [0.05, 0.1) is 12.2 Å². The predicted octanol–water partition coefficient (Wildman–Crippen LogP) is 2.15. The molecule has 7 nitrogen and oxygen atoms in total. The van der Waals surface area contributed by atoms with Gasteiger partial charge in [-0.25, -0.2) is 12.8 Å². The average Bonchev–Trinajstić information content (AvgIpc) is 3.29. The van der Waals surface area contributed by atoms with Gasteiger partial charge in [-0.1, -0.05) is 23.3 Å². The first-order valence-corrected chi connectivity index (χ1v) is 10.5. The number of sulfone groups is 1. The molecule has 10 heteroatoms.